The number of nitrogens with zero attached hydrogens (tertiary/aromatic N) is 5. The molecule has 4 atom stereocenters. The SMILES string of the molecule is Cc1cc([C@@H]2[C@H](c3ccccn3)NC(=S)N2c2ccc(N3C[C@H](C)C[C@H](C)C3)c(Cl)c2)c(C)n1-c1cccnc1. The molecule has 206 valence electrons. The molecule has 5 heterocycles. The number of aryl methyl sites for hydroxylation is 1. The Labute approximate surface area is 247 Å². The van der Waals surface area contributed by atoms with Gasteiger partial charge in [0.15, 0.2) is 5.11 Å². The Morgan fingerprint density at radius 3 is 2.42 bits per heavy atom. The van der Waals surface area contributed by atoms with Crippen LogP contribution < -0.4 is 15.1 Å². The van der Waals surface area contributed by atoms with Crippen LogP contribution >= 0.6 is 23.8 Å². The maximum absolute atomic E-state index is 7.02. The average molecular weight is 571 g/mol. The summed E-state index contributed by atoms with van der Waals surface area (Å²) in [6.07, 6.45) is 6.80. The number of aromatic nitrogens is 3. The molecule has 3 aromatic heterocycles. The Balaban J connectivity index is 1.44. The average Bonchev–Trinajstić information content (AvgIpc) is 3.43. The first-order valence-corrected chi connectivity index (χ1v) is 14.7. The summed E-state index contributed by atoms with van der Waals surface area (Å²) in [6.45, 7) is 11.0. The van der Waals surface area contributed by atoms with Crippen molar-refractivity contribution in [1.82, 2.24) is 19.9 Å². The number of pyridine rings is 2. The van der Waals surface area contributed by atoms with Crippen molar-refractivity contribution >= 4 is 40.3 Å². The summed E-state index contributed by atoms with van der Waals surface area (Å²) >= 11 is 13.0. The predicted molar refractivity (Wildman–Crippen MR) is 168 cm³/mol. The van der Waals surface area contributed by atoms with Crippen LogP contribution in [0.4, 0.5) is 11.4 Å². The number of halogens is 1. The van der Waals surface area contributed by atoms with E-state index in [2.05, 4.69) is 88.8 Å². The molecule has 2 aliphatic heterocycles. The molecule has 40 heavy (non-hydrogen) atoms. The van der Waals surface area contributed by atoms with Gasteiger partial charge in [0.05, 0.1) is 40.4 Å². The topological polar surface area (TPSA) is 49.2 Å². The lowest BCUT2D eigenvalue weighted by molar-refractivity contribution is 0.357. The van der Waals surface area contributed by atoms with Gasteiger partial charge in [-0.3, -0.25) is 9.97 Å². The minimum absolute atomic E-state index is 0.115. The molecular weight excluding hydrogens is 536 g/mol. The fourth-order valence-corrected chi connectivity index (χ4v) is 7.32. The lowest BCUT2D eigenvalue weighted by Crippen LogP contribution is -2.38. The first-order valence-electron chi connectivity index (χ1n) is 14.0. The van der Waals surface area contributed by atoms with E-state index >= 15 is 0 Å². The molecule has 0 spiro atoms. The molecule has 2 saturated heterocycles. The fourth-order valence-electron chi connectivity index (χ4n) is 6.68. The van der Waals surface area contributed by atoms with Crippen molar-refractivity contribution in [3.05, 3.63) is 101 Å². The molecule has 6 nitrogen and oxygen atoms in total. The molecule has 6 rings (SSSR count). The molecule has 1 aromatic carbocycles. The van der Waals surface area contributed by atoms with Gasteiger partial charge in [0.25, 0.3) is 0 Å². The largest absolute Gasteiger partial charge is 0.370 e. The van der Waals surface area contributed by atoms with Crippen LogP contribution in [0.25, 0.3) is 5.69 Å². The van der Waals surface area contributed by atoms with Gasteiger partial charge in [0.2, 0.25) is 0 Å². The zero-order valence-electron chi connectivity index (χ0n) is 23.4. The highest BCUT2D eigenvalue weighted by Crippen LogP contribution is 2.45. The van der Waals surface area contributed by atoms with E-state index in [4.69, 9.17) is 28.8 Å². The van der Waals surface area contributed by atoms with Gasteiger partial charge in [0, 0.05) is 42.6 Å². The summed E-state index contributed by atoms with van der Waals surface area (Å²) < 4.78 is 2.26. The standard InChI is InChI=1S/C32H35ClN6S/c1-20-14-21(2)19-37(18-20)29-11-10-24(16-27(29)33)39-31(30(36-32(39)40)28-9-5-6-13-35-28)26-15-22(3)38(23(26)4)25-8-7-12-34-17-25/h5-13,15-17,20-21,30-31H,14,18-19H2,1-4H3,(H,36,40)/t20-,21+,30-,31+/m0/s1. The van der Waals surface area contributed by atoms with Crippen LogP contribution in [-0.2, 0) is 0 Å². The van der Waals surface area contributed by atoms with Crippen LogP contribution in [0, 0.1) is 25.7 Å². The smallest absolute Gasteiger partial charge is 0.174 e. The molecule has 0 bridgehead atoms. The van der Waals surface area contributed by atoms with Crippen LogP contribution in [0.1, 0.15) is 55.0 Å². The van der Waals surface area contributed by atoms with Gasteiger partial charge < -0.3 is 19.7 Å². The fraction of sp³-hybridized carbons (Fsp3) is 0.344. The third kappa shape index (κ3) is 4.86. The first-order chi connectivity index (χ1) is 19.3. The molecule has 2 aliphatic rings. The van der Waals surface area contributed by atoms with Gasteiger partial charge in [-0.25, -0.2) is 0 Å². The highest BCUT2D eigenvalue weighted by Gasteiger charge is 2.42. The lowest BCUT2D eigenvalue weighted by atomic mass is 9.91. The highest BCUT2D eigenvalue weighted by atomic mass is 35.5. The zero-order valence-corrected chi connectivity index (χ0v) is 25.0. The number of hydrogen-bond acceptors (Lipinski definition) is 4. The van der Waals surface area contributed by atoms with Crippen molar-refractivity contribution in [2.24, 2.45) is 11.8 Å². The van der Waals surface area contributed by atoms with Crippen LogP contribution in [0.15, 0.2) is 73.2 Å². The van der Waals surface area contributed by atoms with E-state index in [9.17, 15) is 0 Å². The van der Waals surface area contributed by atoms with Gasteiger partial charge in [-0.2, -0.15) is 0 Å². The van der Waals surface area contributed by atoms with E-state index in [0.29, 0.717) is 16.9 Å². The molecule has 0 radical (unpaired) electrons. The van der Waals surface area contributed by atoms with Crippen LogP contribution in [-0.4, -0.2) is 32.7 Å². The number of benzene rings is 1. The maximum Gasteiger partial charge on any atom is 0.174 e. The van der Waals surface area contributed by atoms with Crippen LogP contribution in [0.2, 0.25) is 5.02 Å². The summed E-state index contributed by atoms with van der Waals surface area (Å²) in [6, 6.07) is 18.5. The minimum Gasteiger partial charge on any atom is -0.370 e. The van der Waals surface area contributed by atoms with Gasteiger partial charge in [-0.15, -0.1) is 0 Å². The van der Waals surface area contributed by atoms with Gasteiger partial charge in [-0.05, 0) is 98.4 Å². The molecular formula is C32H35ClN6S. The number of piperidine rings is 1. The molecule has 0 amide bonds. The number of thiocarbonyl (C=S) groups is 1. The normalized spacial score (nSPS) is 23.0. The summed E-state index contributed by atoms with van der Waals surface area (Å²) in [5.41, 5.74) is 7.52. The van der Waals surface area contributed by atoms with Crippen molar-refractivity contribution in [1.29, 1.82) is 0 Å². The minimum atomic E-state index is -0.126. The number of anilines is 2. The number of rotatable bonds is 5. The third-order valence-corrected chi connectivity index (χ3v) is 8.83. The van der Waals surface area contributed by atoms with Crippen LogP contribution in [0.3, 0.4) is 0 Å². The number of hydrogen-bond donors (Lipinski definition) is 1. The van der Waals surface area contributed by atoms with Crippen molar-refractivity contribution in [3.8, 4) is 5.69 Å². The second-order valence-corrected chi connectivity index (χ2v) is 12.2. The Morgan fingerprint density at radius 1 is 0.950 bits per heavy atom. The van der Waals surface area contributed by atoms with Crippen molar-refractivity contribution in [2.75, 3.05) is 22.9 Å². The Hall–Kier alpha value is -3.42. The van der Waals surface area contributed by atoms with Crippen molar-refractivity contribution in [2.45, 2.75) is 46.2 Å². The summed E-state index contributed by atoms with van der Waals surface area (Å²) in [5, 5.41) is 5.01. The quantitative estimate of drug-likeness (QED) is 0.256. The van der Waals surface area contributed by atoms with E-state index in [0.717, 1.165) is 52.3 Å². The monoisotopic (exact) mass is 570 g/mol. The van der Waals surface area contributed by atoms with E-state index < -0.39 is 0 Å². The van der Waals surface area contributed by atoms with E-state index in [1.807, 2.05) is 30.6 Å². The second kappa shape index (κ2) is 10.9. The Kier molecular flexibility index (Phi) is 7.27. The first kappa shape index (κ1) is 26.8. The van der Waals surface area contributed by atoms with E-state index in [1.54, 1.807) is 6.20 Å². The van der Waals surface area contributed by atoms with Gasteiger partial charge in [0.1, 0.15) is 0 Å². The molecule has 0 unspecified atom stereocenters. The summed E-state index contributed by atoms with van der Waals surface area (Å²) in [7, 11) is 0. The summed E-state index contributed by atoms with van der Waals surface area (Å²) in [4.78, 5) is 13.7. The molecule has 8 heteroatoms. The predicted octanol–water partition coefficient (Wildman–Crippen LogP) is 7.20. The van der Waals surface area contributed by atoms with Crippen molar-refractivity contribution in [3.63, 3.8) is 0 Å². The molecule has 0 saturated carbocycles. The molecule has 0 aliphatic carbocycles. The second-order valence-electron chi connectivity index (χ2n) is 11.4. The molecule has 1 N–H and O–H groups in total. The van der Waals surface area contributed by atoms with Crippen molar-refractivity contribution < 1.29 is 0 Å². The highest BCUT2D eigenvalue weighted by molar-refractivity contribution is 7.80. The van der Waals surface area contributed by atoms with Crippen LogP contribution in [0.5, 0.6) is 0 Å². The Bertz CT molecular complexity index is 1510. The lowest BCUT2D eigenvalue weighted by Gasteiger charge is -2.37. The molecule has 4 aromatic rings. The van der Waals surface area contributed by atoms with Gasteiger partial charge in [-0.1, -0.05) is 31.5 Å². The maximum atomic E-state index is 7.02. The zero-order chi connectivity index (χ0) is 28.0. The number of nitrogens with one attached hydrogen (secondary N) is 1. The molecule has 2 fully saturated rings. The van der Waals surface area contributed by atoms with Gasteiger partial charge >= 0.3 is 0 Å². The van der Waals surface area contributed by atoms with E-state index in [-0.39, 0.29) is 12.1 Å². The third-order valence-electron chi connectivity index (χ3n) is 8.21. The Morgan fingerprint density at radius 2 is 1.75 bits per heavy atom. The van der Waals surface area contributed by atoms with E-state index in [1.165, 1.54) is 12.0 Å². The summed E-state index contributed by atoms with van der Waals surface area (Å²) in [5.74, 6) is 1.29.